The van der Waals surface area contributed by atoms with Crippen LogP contribution in [0.3, 0.4) is 0 Å². The van der Waals surface area contributed by atoms with Gasteiger partial charge in [0, 0.05) is 37.0 Å². The molecule has 6 heteroatoms. The van der Waals surface area contributed by atoms with Crippen molar-refractivity contribution in [1.82, 2.24) is 0 Å². The van der Waals surface area contributed by atoms with Gasteiger partial charge in [-0.05, 0) is 90.1 Å². The van der Waals surface area contributed by atoms with Gasteiger partial charge < -0.3 is 25.2 Å². The number of ether oxygens (including phenoxy) is 2. The maximum absolute atomic E-state index is 10.7. The van der Waals surface area contributed by atoms with Gasteiger partial charge in [-0.15, -0.1) is 0 Å². The molecule has 1 saturated heterocycles. The van der Waals surface area contributed by atoms with E-state index in [1.165, 1.54) is 31.4 Å². The van der Waals surface area contributed by atoms with Gasteiger partial charge in [0.25, 0.3) is 6.47 Å². The highest BCUT2D eigenvalue weighted by atomic mass is 16.5. The Kier molecular flexibility index (Phi) is 7.77. The first-order valence-corrected chi connectivity index (χ1v) is 13.2. The number of aliphatic hydroxyl groups is 1. The molecule has 1 atom stereocenters. The van der Waals surface area contributed by atoms with Crippen LogP contribution in [0.4, 0.5) is 5.69 Å². The second-order valence-corrected chi connectivity index (χ2v) is 10.4. The Morgan fingerprint density at radius 1 is 0.946 bits per heavy atom. The number of nitrogens with zero attached hydrogens (tertiary/aromatic N) is 1. The number of carbonyl (C=O) groups is 1. The zero-order chi connectivity index (χ0) is 25.7. The average molecular weight is 501 g/mol. The Labute approximate surface area is 219 Å². The summed E-state index contributed by atoms with van der Waals surface area (Å²) in [4.78, 5) is 13.2. The van der Waals surface area contributed by atoms with Gasteiger partial charge in [-0.25, -0.2) is 0 Å². The molecule has 3 aromatic rings. The van der Waals surface area contributed by atoms with E-state index in [4.69, 9.17) is 15.2 Å². The van der Waals surface area contributed by atoms with Crippen LogP contribution >= 0.6 is 0 Å². The number of hydrogen-bond donors (Lipinski definition) is 2. The molecule has 0 unspecified atom stereocenters. The standard InChI is InChI=1S/C31H36N2O4/c32-29(8-15-34)25-6-3-5-24(18-25)27-16-23(20-37-30-7-2-1-4-26(30)21-36-22-35)17-28(19-27)33-13-11-31(9-10-31)12-14-33/h1-7,16-19,22,29,34H,8-15,20-21,32H2/t29-/m1/s1. The van der Waals surface area contributed by atoms with E-state index in [-0.39, 0.29) is 19.3 Å². The molecule has 2 fully saturated rings. The molecule has 0 amide bonds. The Morgan fingerprint density at radius 2 is 1.76 bits per heavy atom. The molecule has 6 nitrogen and oxygen atoms in total. The largest absolute Gasteiger partial charge is 0.488 e. The SMILES string of the molecule is N[C@H](CCO)c1cccc(-c2cc(COc3ccccc3COC=O)cc(N3CCC4(CC3)CC4)c2)c1. The van der Waals surface area contributed by atoms with Crippen LogP contribution in [0.25, 0.3) is 11.1 Å². The van der Waals surface area contributed by atoms with Crippen molar-refractivity contribution in [3.05, 3.63) is 83.4 Å². The molecule has 1 heterocycles. The van der Waals surface area contributed by atoms with Crippen LogP contribution in [0.1, 0.15) is 54.8 Å². The topological polar surface area (TPSA) is 85.0 Å². The van der Waals surface area contributed by atoms with Gasteiger partial charge in [-0.3, -0.25) is 4.79 Å². The number of benzene rings is 3. The highest BCUT2D eigenvalue weighted by molar-refractivity contribution is 5.70. The summed E-state index contributed by atoms with van der Waals surface area (Å²) < 4.78 is 11.2. The van der Waals surface area contributed by atoms with Crippen LogP contribution in [-0.4, -0.2) is 31.3 Å². The third-order valence-electron chi connectivity index (χ3n) is 7.89. The summed E-state index contributed by atoms with van der Waals surface area (Å²) in [5, 5.41) is 9.34. The first-order chi connectivity index (χ1) is 18.1. The molecule has 1 aliphatic heterocycles. The Balaban J connectivity index is 1.43. The molecule has 3 N–H and O–H groups in total. The monoisotopic (exact) mass is 500 g/mol. The lowest BCUT2D eigenvalue weighted by Crippen LogP contribution is -2.34. The predicted molar refractivity (Wildman–Crippen MR) is 145 cm³/mol. The minimum Gasteiger partial charge on any atom is -0.488 e. The molecule has 1 aliphatic carbocycles. The molecule has 1 saturated carbocycles. The lowest BCUT2D eigenvalue weighted by molar-refractivity contribution is -0.129. The number of nitrogens with two attached hydrogens (primary N) is 1. The summed E-state index contributed by atoms with van der Waals surface area (Å²) in [6, 6.07) is 22.4. The van der Waals surface area contributed by atoms with Gasteiger partial charge in [0.2, 0.25) is 0 Å². The fraction of sp³-hybridized carbons (Fsp3) is 0.387. The van der Waals surface area contributed by atoms with E-state index in [2.05, 4.69) is 35.2 Å². The van der Waals surface area contributed by atoms with Crippen molar-refractivity contribution in [2.24, 2.45) is 11.1 Å². The molecule has 5 rings (SSSR count). The highest BCUT2D eigenvalue weighted by Gasteiger charge is 2.44. The summed E-state index contributed by atoms with van der Waals surface area (Å²) in [5.41, 5.74) is 13.3. The molecule has 0 radical (unpaired) electrons. The van der Waals surface area contributed by atoms with Gasteiger partial charge in [-0.1, -0.05) is 36.4 Å². The number of piperidine rings is 1. The minimum absolute atomic E-state index is 0.0676. The molecule has 0 aromatic heterocycles. The van der Waals surface area contributed by atoms with Gasteiger partial charge >= 0.3 is 0 Å². The van der Waals surface area contributed by atoms with Crippen molar-refractivity contribution in [3.8, 4) is 16.9 Å². The van der Waals surface area contributed by atoms with Crippen molar-refractivity contribution in [2.75, 3.05) is 24.6 Å². The van der Waals surface area contributed by atoms with Crippen molar-refractivity contribution in [2.45, 2.75) is 51.4 Å². The van der Waals surface area contributed by atoms with Gasteiger partial charge in [-0.2, -0.15) is 0 Å². The van der Waals surface area contributed by atoms with E-state index >= 15 is 0 Å². The van der Waals surface area contributed by atoms with E-state index in [0.717, 1.165) is 40.9 Å². The van der Waals surface area contributed by atoms with E-state index in [1.807, 2.05) is 36.4 Å². The van der Waals surface area contributed by atoms with Crippen LogP contribution in [0, 0.1) is 5.41 Å². The first-order valence-electron chi connectivity index (χ1n) is 13.2. The summed E-state index contributed by atoms with van der Waals surface area (Å²) in [7, 11) is 0. The highest BCUT2D eigenvalue weighted by Crippen LogP contribution is 2.54. The number of hydrogen-bond acceptors (Lipinski definition) is 6. The van der Waals surface area contributed by atoms with Crippen LogP contribution in [0.5, 0.6) is 5.75 Å². The summed E-state index contributed by atoms with van der Waals surface area (Å²) >= 11 is 0. The Hall–Kier alpha value is -3.35. The van der Waals surface area contributed by atoms with Crippen molar-refractivity contribution >= 4 is 12.2 Å². The summed E-state index contributed by atoms with van der Waals surface area (Å²) in [6.45, 7) is 3.27. The number of carbonyl (C=O) groups excluding carboxylic acids is 1. The van der Waals surface area contributed by atoms with Crippen molar-refractivity contribution in [3.63, 3.8) is 0 Å². The van der Waals surface area contributed by atoms with Crippen LogP contribution < -0.4 is 15.4 Å². The average Bonchev–Trinajstić information content (AvgIpc) is 3.70. The lowest BCUT2D eigenvalue weighted by Gasteiger charge is -2.34. The maximum Gasteiger partial charge on any atom is 0.293 e. The molecule has 37 heavy (non-hydrogen) atoms. The molecular formula is C31H36N2O4. The van der Waals surface area contributed by atoms with E-state index < -0.39 is 0 Å². The van der Waals surface area contributed by atoms with Gasteiger partial charge in [0.15, 0.2) is 0 Å². The first kappa shape index (κ1) is 25.3. The molecule has 3 aromatic carbocycles. The second kappa shape index (κ2) is 11.4. The predicted octanol–water partition coefficient (Wildman–Crippen LogP) is 5.37. The molecule has 0 bridgehead atoms. The second-order valence-electron chi connectivity index (χ2n) is 10.4. The third-order valence-corrected chi connectivity index (χ3v) is 7.89. The molecule has 194 valence electrons. The van der Waals surface area contributed by atoms with Crippen molar-refractivity contribution < 1.29 is 19.4 Å². The van der Waals surface area contributed by atoms with Gasteiger partial charge in [0.05, 0.1) is 0 Å². The summed E-state index contributed by atoms with van der Waals surface area (Å²) in [6.07, 6.45) is 5.82. The number of aliphatic hydroxyl groups excluding tert-OH is 1. The van der Waals surface area contributed by atoms with E-state index in [0.29, 0.717) is 30.7 Å². The smallest absolute Gasteiger partial charge is 0.293 e. The zero-order valence-electron chi connectivity index (χ0n) is 21.3. The van der Waals surface area contributed by atoms with Crippen LogP contribution in [-0.2, 0) is 22.7 Å². The zero-order valence-corrected chi connectivity index (χ0v) is 21.3. The fourth-order valence-corrected chi connectivity index (χ4v) is 5.33. The quantitative estimate of drug-likeness (QED) is 0.345. The summed E-state index contributed by atoms with van der Waals surface area (Å²) in [5.74, 6) is 0.710. The Morgan fingerprint density at radius 3 is 2.51 bits per heavy atom. The molecule has 1 spiro atoms. The third kappa shape index (κ3) is 6.14. The number of rotatable bonds is 11. The molecule has 2 aliphatic rings. The van der Waals surface area contributed by atoms with Crippen molar-refractivity contribution in [1.29, 1.82) is 0 Å². The molecular weight excluding hydrogens is 464 g/mol. The van der Waals surface area contributed by atoms with E-state index in [9.17, 15) is 9.90 Å². The number of anilines is 1. The van der Waals surface area contributed by atoms with Crippen LogP contribution in [0.2, 0.25) is 0 Å². The minimum atomic E-state index is -0.196. The number of para-hydroxylation sites is 1. The van der Waals surface area contributed by atoms with Crippen LogP contribution in [0.15, 0.2) is 66.7 Å². The normalized spacial score (nSPS) is 16.9. The fourth-order valence-electron chi connectivity index (χ4n) is 5.33. The van der Waals surface area contributed by atoms with Gasteiger partial charge in [0.1, 0.15) is 19.0 Å². The Bertz CT molecular complexity index is 1210. The maximum atomic E-state index is 10.7. The van der Waals surface area contributed by atoms with E-state index in [1.54, 1.807) is 0 Å². The lowest BCUT2D eigenvalue weighted by atomic mass is 9.92.